The fourth-order valence-corrected chi connectivity index (χ4v) is 2.23. The Kier molecular flexibility index (Phi) is 3.09. The van der Waals surface area contributed by atoms with E-state index in [1.807, 2.05) is 13.8 Å². The van der Waals surface area contributed by atoms with Gasteiger partial charge in [0.1, 0.15) is 0 Å². The Hall–Kier alpha value is -1.52. The summed E-state index contributed by atoms with van der Waals surface area (Å²) in [7, 11) is 1.59. The van der Waals surface area contributed by atoms with E-state index in [-0.39, 0.29) is 10.6 Å². The second kappa shape index (κ2) is 4.30. The highest BCUT2D eigenvalue weighted by atomic mass is 35.5. The highest BCUT2D eigenvalue weighted by Crippen LogP contribution is 2.36. The van der Waals surface area contributed by atoms with Gasteiger partial charge in [0.2, 0.25) is 0 Å². The average Bonchev–Trinajstić information content (AvgIpc) is 2.78. The van der Waals surface area contributed by atoms with E-state index in [0.29, 0.717) is 5.39 Å². The van der Waals surface area contributed by atoms with Crippen LogP contribution in [-0.2, 0) is 10.3 Å². The monoisotopic (exact) mass is 267 g/mol. The zero-order valence-electron chi connectivity index (χ0n) is 10.4. The molecule has 0 saturated heterocycles. The van der Waals surface area contributed by atoms with E-state index in [4.69, 9.17) is 16.3 Å². The topological polar surface area (TPSA) is 62.3 Å². The van der Waals surface area contributed by atoms with Crippen molar-refractivity contribution in [1.29, 1.82) is 0 Å². The van der Waals surface area contributed by atoms with Crippen LogP contribution >= 0.6 is 11.6 Å². The molecule has 0 spiro atoms. The predicted molar refractivity (Wildman–Crippen MR) is 70.3 cm³/mol. The smallest absolute Gasteiger partial charge is 0.337 e. The van der Waals surface area contributed by atoms with Gasteiger partial charge >= 0.3 is 5.97 Å². The van der Waals surface area contributed by atoms with Crippen molar-refractivity contribution in [2.75, 3.05) is 7.11 Å². The minimum Gasteiger partial charge on any atom is -0.478 e. The molecule has 18 heavy (non-hydrogen) atoms. The first kappa shape index (κ1) is 12.9. The molecule has 4 nitrogen and oxygen atoms in total. The molecule has 2 N–H and O–H groups in total. The minimum absolute atomic E-state index is 0.0869. The van der Waals surface area contributed by atoms with Gasteiger partial charge in [0.15, 0.2) is 0 Å². The Morgan fingerprint density at radius 1 is 1.50 bits per heavy atom. The van der Waals surface area contributed by atoms with Gasteiger partial charge in [-0.15, -0.1) is 0 Å². The molecule has 0 unspecified atom stereocenters. The summed E-state index contributed by atoms with van der Waals surface area (Å²) in [6.07, 6.45) is 1.73. The number of halogens is 1. The zero-order chi connectivity index (χ0) is 13.5. The maximum atomic E-state index is 11.2. The average molecular weight is 268 g/mol. The molecule has 0 bridgehead atoms. The van der Waals surface area contributed by atoms with Crippen LogP contribution in [0, 0.1) is 0 Å². The number of hydrogen-bond acceptors (Lipinski definition) is 2. The Morgan fingerprint density at radius 2 is 2.17 bits per heavy atom. The Bertz CT molecular complexity index is 616. The first-order chi connectivity index (χ1) is 8.38. The molecule has 0 aliphatic carbocycles. The van der Waals surface area contributed by atoms with Gasteiger partial charge in [0.25, 0.3) is 0 Å². The van der Waals surface area contributed by atoms with Crippen LogP contribution in [0.25, 0.3) is 10.9 Å². The van der Waals surface area contributed by atoms with E-state index in [1.54, 1.807) is 25.4 Å². The van der Waals surface area contributed by atoms with Gasteiger partial charge in [-0.2, -0.15) is 0 Å². The lowest BCUT2D eigenvalue weighted by Gasteiger charge is -2.25. The molecule has 0 aliphatic heterocycles. The number of aromatic nitrogens is 1. The van der Waals surface area contributed by atoms with E-state index in [0.717, 1.165) is 11.1 Å². The first-order valence-electron chi connectivity index (χ1n) is 5.47. The third-order valence-corrected chi connectivity index (χ3v) is 3.57. The van der Waals surface area contributed by atoms with E-state index < -0.39 is 11.6 Å². The van der Waals surface area contributed by atoms with Crippen molar-refractivity contribution in [3.63, 3.8) is 0 Å². The summed E-state index contributed by atoms with van der Waals surface area (Å²) in [5.74, 6) is -1.05. The van der Waals surface area contributed by atoms with Crippen LogP contribution in [0.15, 0.2) is 18.3 Å². The molecule has 96 valence electrons. The number of carboxylic acid groups (broad SMARTS) is 1. The second-order valence-electron chi connectivity index (χ2n) is 4.57. The maximum absolute atomic E-state index is 11.2. The quantitative estimate of drug-likeness (QED) is 0.896. The van der Waals surface area contributed by atoms with Gasteiger partial charge in [0, 0.05) is 24.3 Å². The van der Waals surface area contributed by atoms with Crippen LogP contribution in [0.3, 0.4) is 0 Å². The molecule has 0 saturated carbocycles. The number of carbonyl (C=O) groups is 1. The summed E-state index contributed by atoms with van der Waals surface area (Å²) >= 11 is 6.10. The molecule has 2 rings (SSSR count). The van der Waals surface area contributed by atoms with Crippen molar-refractivity contribution >= 4 is 28.5 Å². The Balaban J connectivity index is 2.85. The number of methoxy groups -OCH3 is 1. The summed E-state index contributed by atoms with van der Waals surface area (Å²) in [6, 6.07) is 3.33. The largest absolute Gasteiger partial charge is 0.478 e. The van der Waals surface area contributed by atoms with E-state index in [9.17, 15) is 9.90 Å². The molecule has 1 heterocycles. The van der Waals surface area contributed by atoms with Gasteiger partial charge in [-0.1, -0.05) is 11.6 Å². The SMILES string of the molecule is COC(C)(C)c1cc(C(=O)O)c(Cl)c2cc[nH]c12. The number of hydrogen-bond donors (Lipinski definition) is 2. The summed E-state index contributed by atoms with van der Waals surface area (Å²) in [6.45, 7) is 3.75. The molecule has 1 aromatic heterocycles. The van der Waals surface area contributed by atoms with Crippen LogP contribution in [0.2, 0.25) is 5.02 Å². The molecule has 0 fully saturated rings. The Morgan fingerprint density at radius 3 is 2.72 bits per heavy atom. The fraction of sp³-hybridized carbons (Fsp3) is 0.308. The standard InChI is InChI=1S/C13H14ClNO3/c1-13(2,18-3)9-6-8(12(16)17)10(14)7-4-5-15-11(7)9/h4-6,15H,1-3H3,(H,16,17). The summed E-state index contributed by atoms with van der Waals surface area (Å²) in [5.41, 5.74) is 1.06. The lowest BCUT2D eigenvalue weighted by Crippen LogP contribution is -2.20. The fourth-order valence-electron chi connectivity index (χ4n) is 1.94. The van der Waals surface area contributed by atoms with Gasteiger partial charge in [-0.05, 0) is 26.0 Å². The van der Waals surface area contributed by atoms with Gasteiger partial charge < -0.3 is 14.8 Å². The lowest BCUT2D eigenvalue weighted by molar-refractivity contribution is 0.0203. The van der Waals surface area contributed by atoms with Crippen molar-refractivity contribution in [1.82, 2.24) is 4.98 Å². The molecule has 2 aromatic rings. The van der Waals surface area contributed by atoms with Crippen LogP contribution in [0.5, 0.6) is 0 Å². The summed E-state index contributed by atoms with van der Waals surface area (Å²) in [5, 5.41) is 10.1. The number of carboxylic acids is 1. The molecule has 1 aromatic carbocycles. The van der Waals surface area contributed by atoms with Crippen molar-refractivity contribution in [2.24, 2.45) is 0 Å². The molecule has 0 radical (unpaired) electrons. The number of fused-ring (bicyclic) bond motifs is 1. The number of benzene rings is 1. The Labute approximate surface area is 110 Å². The number of H-pyrrole nitrogens is 1. The van der Waals surface area contributed by atoms with E-state index in [2.05, 4.69) is 4.98 Å². The summed E-state index contributed by atoms with van der Waals surface area (Å²) < 4.78 is 5.42. The molecule has 0 atom stereocenters. The van der Waals surface area contributed by atoms with Crippen molar-refractivity contribution in [2.45, 2.75) is 19.4 Å². The third kappa shape index (κ3) is 1.87. The highest BCUT2D eigenvalue weighted by Gasteiger charge is 2.26. The number of rotatable bonds is 3. The molecular weight excluding hydrogens is 254 g/mol. The van der Waals surface area contributed by atoms with Gasteiger partial charge in [-0.3, -0.25) is 0 Å². The number of aromatic carboxylic acids is 1. The summed E-state index contributed by atoms with van der Waals surface area (Å²) in [4.78, 5) is 14.3. The maximum Gasteiger partial charge on any atom is 0.337 e. The molecule has 0 amide bonds. The molecular formula is C13H14ClNO3. The lowest BCUT2D eigenvalue weighted by atomic mass is 9.93. The van der Waals surface area contributed by atoms with E-state index in [1.165, 1.54) is 0 Å². The number of ether oxygens (including phenoxy) is 1. The minimum atomic E-state index is -1.05. The van der Waals surface area contributed by atoms with E-state index >= 15 is 0 Å². The molecule has 0 aliphatic rings. The first-order valence-corrected chi connectivity index (χ1v) is 5.85. The van der Waals surface area contributed by atoms with Crippen molar-refractivity contribution in [3.8, 4) is 0 Å². The number of aromatic amines is 1. The van der Waals surface area contributed by atoms with Gasteiger partial charge in [-0.25, -0.2) is 4.79 Å². The van der Waals surface area contributed by atoms with Crippen LogP contribution < -0.4 is 0 Å². The zero-order valence-corrected chi connectivity index (χ0v) is 11.1. The van der Waals surface area contributed by atoms with Crippen molar-refractivity contribution < 1.29 is 14.6 Å². The number of nitrogens with one attached hydrogen (secondary N) is 1. The van der Waals surface area contributed by atoms with Crippen molar-refractivity contribution in [3.05, 3.63) is 34.5 Å². The second-order valence-corrected chi connectivity index (χ2v) is 4.95. The van der Waals surface area contributed by atoms with Gasteiger partial charge in [0.05, 0.1) is 21.7 Å². The van der Waals surface area contributed by atoms with Crippen LogP contribution in [0.4, 0.5) is 0 Å². The third-order valence-electron chi connectivity index (χ3n) is 3.17. The van der Waals surface area contributed by atoms with Crippen LogP contribution in [0.1, 0.15) is 29.8 Å². The predicted octanol–water partition coefficient (Wildman–Crippen LogP) is 3.40. The van der Waals surface area contributed by atoms with Crippen LogP contribution in [-0.4, -0.2) is 23.2 Å². The highest BCUT2D eigenvalue weighted by molar-refractivity contribution is 6.38. The normalized spacial score (nSPS) is 12.0. The molecule has 5 heteroatoms.